The van der Waals surface area contributed by atoms with E-state index in [9.17, 15) is 4.79 Å². The van der Waals surface area contributed by atoms with Gasteiger partial charge >= 0.3 is 7.12 Å². The minimum absolute atomic E-state index is 0.133. The second kappa shape index (κ2) is 34.7. The van der Waals surface area contributed by atoms with E-state index in [4.69, 9.17) is 84.9 Å². The van der Waals surface area contributed by atoms with Crippen molar-refractivity contribution in [2.24, 2.45) is 0 Å². The zero-order valence-electron chi connectivity index (χ0n) is 57.7. The molecule has 3 aliphatic rings. The summed E-state index contributed by atoms with van der Waals surface area (Å²) in [5, 5.41) is 22.6. The number of H-pyrrole nitrogens is 2. The molecule has 31 heteroatoms. The number of rotatable bonds is 19. The lowest BCUT2D eigenvalue weighted by atomic mass is 9.78. The summed E-state index contributed by atoms with van der Waals surface area (Å²) in [4.78, 5) is 68.7. The zero-order valence-corrected chi connectivity index (χ0v) is 59.2. The molecule has 3 saturated heterocycles. The molecule has 0 bridgehead atoms. The Labute approximate surface area is 597 Å². The number of fused-ring (bicyclic) bond motifs is 11. The van der Waals surface area contributed by atoms with Crippen molar-refractivity contribution >= 4 is 148 Å². The number of aldehydes is 1. The van der Waals surface area contributed by atoms with E-state index in [1.165, 1.54) is 19.0 Å². The number of anilines is 3. The summed E-state index contributed by atoms with van der Waals surface area (Å²) in [6, 6.07) is 21.3. The van der Waals surface area contributed by atoms with Gasteiger partial charge in [0.1, 0.15) is 16.6 Å². The first kappa shape index (κ1) is 72.7. The number of nitrogens with zero attached hydrogens (tertiary/aromatic N) is 14. The zero-order chi connectivity index (χ0) is 71.1. The van der Waals surface area contributed by atoms with Gasteiger partial charge in [-0.3, -0.25) is 14.6 Å². The molecular weight excluding hydrogens is 1350 g/mol. The number of carbonyl (C=O) groups is 1. The smallest absolute Gasteiger partial charge is 0.432 e. The third kappa shape index (κ3) is 17.2. The predicted molar refractivity (Wildman–Crippen MR) is 394 cm³/mol. The van der Waals surface area contributed by atoms with Crippen molar-refractivity contribution in [1.29, 1.82) is 0 Å². The minimum atomic E-state index is -1.40. The number of likely N-dealkylation sites (N-methyl/N-ethyl adjacent to an activating group) is 2. The molecule has 4 N–H and O–H groups in total. The van der Waals surface area contributed by atoms with E-state index in [-0.39, 0.29) is 10.6 Å². The number of furan rings is 3. The summed E-state index contributed by atoms with van der Waals surface area (Å²) in [7, 11) is 7.88. The summed E-state index contributed by atoms with van der Waals surface area (Å²) in [6.07, 6.45) is 12.0. The number of carbonyl (C=O) groups excluding carboxylic acids is 1. The average Bonchev–Trinajstić information content (AvgIpc) is 1.60. The van der Waals surface area contributed by atoms with E-state index in [2.05, 4.69) is 109 Å². The third-order valence-electron chi connectivity index (χ3n) is 17.3. The van der Waals surface area contributed by atoms with Crippen molar-refractivity contribution in [3.63, 3.8) is 0 Å². The molecule has 0 saturated carbocycles. The fourth-order valence-corrected chi connectivity index (χ4v) is 12.4. The predicted octanol–water partition coefficient (Wildman–Crippen LogP) is 9.53. The van der Waals surface area contributed by atoms with Crippen molar-refractivity contribution < 1.29 is 56.5 Å². The van der Waals surface area contributed by atoms with Gasteiger partial charge in [0.15, 0.2) is 46.3 Å². The molecule has 3 aliphatic heterocycles. The molecule has 534 valence electrons. The van der Waals surface area contributed by atoms with Crippen LogP contribution in [-0.4, -0.2) is 235 Å². The SMILES string of the molecule is CCCCOC.COCCN(C)Cc1cnc2oc3c(N4CCOCC4)nc(-c4cccc5[nH]ccc45)nc3c2c1.COCCN(C)Cc1cnc2oc3c(N4CCOCC4)nc(Cl)nc3c2c1.O=Cc1cnc2oc3c(N4CCOCC4)nc(Cl)nc3c2c1.OB(O)c1cccc2[nH]ccc12. The number of pyridine rings is 3. The second-order valence-electron chi connectivity index (χ2n) is 24.5. The van der Waals surface area contributed by atoms with E-state index >= 15 is 0 Å². The molecule has 3 fully saturated rings. The standard InChI is InChI=1S/C26H28N6O3.C18H22ClN5O3.C14H11ClN4O3.C8H8BNO2.C5H12O/c1-31(8-11-33-2)16-17-14-20-22-23(35-26(20)28-15-17)25(32-9-12-34-13-10-32)30-24(29-22)19-4-3-5-21-18(19)6-7-27-21;1-23(3-6-25-2)11-12-9-13-14-15(27-17(13)20-10-12)16(22-18(19)21-14)24-4-7-26-8-5-24;15-14-17-10-9-5-8(7-20)6-16-13(9)22-11(10)12(18-14)19-1-3-21-4-2-19;11-9(12)7-2-1-3-8-6(7)4-5-10-8;1-3-4-5-6-2/h3-7,14-15,27H,8-13,16H2,1-2H3;9-10H,3-8,11H2,1-2H3;5-7H,1-4H2;1-5,10-12H;3-5H2,1-2H3. The molecule has 0 unspecified atom stereocenters. The summed E-state index contributed by atoms with van der Waals surface area (Å²) in [6.45, 7) is 15.9. The van der Waals surface area contributed by atoms with E-state index in [0.29, 0.717) is 145 Å². The number of hydrogen-bond acceptors (Lipinski definition) is 26. The largest absolute Gasteiger partial charge is 0.489 e. The normalized spacial score (nSPS) is 14.2. The maximum Gasteiger partial charge on any atom is 0.489 e. The molecule has 16 rings (SSSR count). The Kier molecular flexibility index (Phi) is 24.8. The Morgan fingerprint density at radius 1 is 0.549 bits per heavy atom. The number of aromatic nitrogens is 11. The highest BCUT2D eigenvalue weighted by molar-refractivity contribution is 6.61. The van der Waals surface area contributed by atoms with E-state index in [1.54, 1.807) is 45.7 Å². The van der Waals surface area contributed by atoms with E-state index in [1.807, 2.05) is 48.7 Å². The first-order valence-corrected chi connectivity index (χ1v) is 34.4. The maximum absolute atomic E-state index is 10.9. The van der Waals surface area contributed by atoms with Gasteiger partial charge in [-0.15, -0.1) is 0 Å². The Balaban J connectivity index is 0.000000131. The highest BCUT2D eigenvalue weighted by Crippen LogP contribution is 2.39. The summed E-state index contributed by atoms with van der Waals surface area (Å²) < 4.78 is 49.6. The first-order chi connectivity index (χ1) is 49.8. The van der Waals surface area contributed by atoms with Gasteiger partial charge in [0.2, 0.25) is 27.7 Å². The lowest BCUT2D eigenvalue weighted by Gasteiger charge is -2.27. The number of hydrogen-bond donors (Lipinski definition) is 4. The Hall–Kier alpha value is -9.08. The number of ether oxygens (including phenoxy) is 6. The molecule has 2 aromatic carbocycles. The molecule has 0 radical (unpaired) electrons. The van der Waals surface area contributed by atoms with Crippen molar-refractivity contribution in [1.82, 2.24) is 64.6 Å². The summed E-state index contributed by atoms with van der Waals surface area (Å²) in [5.41, 5.74) is 11.5. The molecule has 11 aromatic heterocycles. The number of unbranched alkanes of at least 4 members (excludes halogenated alkanes) is 1. The van der Waals surface area contributed by atoms with Crippen LogP contribution in [0.4, 0.5) is 17.5 Å². The lowest BCUT2D eigenvalue weighted by Crippen LogP contribution is -2.37. The van der Waals surface area contributed by atoms with Crippen molar-refractivity contribution in [2.45, 2.75) is 32.9 Å². The van der Waals surface area contributed by atoms with Gasteiger partial charge in [-0.1, -0.05) is 37.6 Å². The lowest BCUT2D eigenvalue weighted by molar-refractivity contribution is 0.112. The van der Waals surface area contributed by atoms with Gasteiger partial charge in [-0.05, 0) is 108 Å². The maximum atomic E-state index is 10.9. The van der Waals surface area contributed by atoms with Crippen LogP contribution >= 0.6 is 23.2 Å². The highest BCUT2D eigenvalue weighted by Gasteiger charge is 2.27. The Morgan fingerprint density at radius 3 is 1.45 bits per heavy atom. The number of morpholine rings is 3. The fourth-order valence-electron chi connectivity index (χ4n) is 12.1. The molecule has 13 aromatic rings. The number of aromatic amines is 2. The highest BCUT2D eigenvalue weighted by atomic mass is 35.5. The molecule has 0 amide bonds. The first-order valence-electron chi connectivity index (χ1n) is 33.7. The van der Waals surface area contributed by atoms with Crippen LogP contribution in [0.25, 0.3) is 99.8 Å². The minimum Gasteiger partial charge on any atom is -0.432 e. The monoisotopic (exact) mass is 1430 g/mol. The van der Waals surface area contributed by atoms with Crippen LogP contribution in [0.1, 0.15) is 41.3 Å². The molecule has 0 spiro atoms. The third-order valence-corrected chi connectivity index (χ3v) is 17.6. The average molecular weight is 1430 g/mol. The van der Waals surface area contributed by atoms with E-state index in [0.717, 1.165) is 126 Å². The van der Waals surface area contributed by atoms with Gasteiger partial charge in [-0.2, -0.15) is 9.97 Å². The topological polar surface area (TPSA) is 316 Å². The van der Waals surface area contributed by atoms with Crippen molar-refractivity contribution in [3.8, 4) is 11.4 Å². The molecule has 0 atom stereocenters. The van der Waals surface area contributed by atoms with Crippen molar-refractivity contribution in [2.75, 3.05) is 162 Å². The van der Waals surface area contributed by atoms with Crippen LogP contribution in [0.15, 0.2) is 111 Å². The molecule has 28 nitrogen and oxygen atoms in total. The fraction of sp³-hybridized carbons (Fsp3) is 0.380. The number of methoxy groups -OCH3 is 3. The van der Waals surface area contributed by atoms with Gasteiger partial charge in [0.05, 0.1) is 69.0 Å². The molecule has 102 heavy (non-hydrogen) atoms. The Bertz CT molecular complexity index is 4940. The number of nitrogens with one attached hydrogen (secondary N) is 2. The van der Waals surface area contributed by atoms with Crippen LogP contribution in [-0.2, 0) is 41.5 Å². The van der Waals surface area contributed by atoms with Crippen LogP contribution in [0.5, 0.6) is 0 Å². The van der Waals surface area contributed by atoms with Gasteiger partial charge in [0.25, 0.3) is 0 Å². The van der Waals surface area contributed by atoms with Crippen LogP contribution in [0, 0.1) is 0 Å². The number of benzene rings is 2. The second-order valence-corrected chi connectivity index (χ2v) is 25.2. The molecule has 14 heterocycles. The van der Waals surface area contributed by atoms with E-state index < -0.39 is 7.12 Å². The van der Waals surface area contributed by atoms with Crippen LogP contribution in [0.3, 0.4) is 0 Å². The van der Waals surface area contributed by atoms with Crippen molar-refractivity contribution in [3.05, 3.63) is 125 Å². The Morgan fingerprint density at radius 2 is 0.990 bits per heavy atom. The van der Waals surface area contributed by atoms with Crippen LogP contribution < -0.4 is 20.2 Å². The van der Waals surface area contributed by atoms with Gasteiger partial charge < -0.3 is 76.4 Å². The summed E-state index contributed by atoms with van der Waals surface area (Å²) >= 11 is 12.3. The quantitative estimate of drug-likeness (QED) is 0.0253. The van der Waals surface area contributed by atoms with Gasteiger partial charge in [-0.25, -0.2) is 34.9 Å². The molecule has 0 aliphatic carbocycles. The van der Waals surface area contributed by atoms with Gasteiger partial charge in [0, 0.05) is 152 Å². The summed E-state index contributed by atoms with van der Waals surface area (Å²) in [5.74, 6) is 2.79. The number of halogens is 2. The molecular formula is C71H81BCl2N16O12. The van der Waals surface area contributed by atoms with Crippen LogP contribution in [0.2, 0.25) is 10.6 Å².